The molecule has 0 saturated heterocycles. The topological polar surface area (TPSA) is 45.1 Å². The zero-order chi connectivity index (χ0) is 11.4. The number of anilines is 1. The molecule has 0 aliphatic carbocycles. The van der Waals surface area contributed by atoms with E-state index in [0.717, 1.165) is 16.9 Å². The summed E-state index contributed by atoms with van der Waals surface area (Å²) in [5, 5.41) is 12.4. The number of hydrogen-bond acceptors (Lipinski definition) is 3. The van der Waals surface area contributed by atoms with E-state index in [0.29, 0.717) is 6.54 Å². The normalized spacial score (nSPS) is 10.1. The van der Waals surface area contributed by atoms with Crippen molar-refractivity contribution in [3.63, 3.8) is 0 Å². The zero-order valence-electron chi connectivity index (χ0n) is 9.14. The summed E-state index contributed by atoms with van der Waals surface area (Å²) < 4.78 is 0. The number of benzene rings is 1. The number of aromatic hydroxyl groups is 1. The van der Waals surface area contributed by atoms with Gasteiger partial charge in [-0.25, -0.2) is 4.98 Å². The summed E-state index contributed by atoms with van der Waals surface area (Å²) in [4.78, 5) is 4.25. The number of phenols is 1. The van der Waals surface area contributed by atoms with Crippen molar-refractivity contribution < 1.29 is 5.11 Å². The van der Waals surface area contributed by atoms with Gasteiger partial charge in [-0.15, -0.1) is 0 Å². The fourth-order valence-electron chi connectivity index (χ4n) is 1.38. The number of aromatic nitrogens is 1. The first-order valence-electron chi connectivity index (χ1n) is 5.18. The van der Waals surface area contributed by atoms with Crippen LogP contribution in [0.15, 0.2) is 42.6 Å². The highest BCUT2D eigenvalue weighted by Crippen LogP contribution is 2.11. The van der Waals surface area contributed by atoms with Crippen LogP contribution in [0.5, 0.6) is 5.75 Å². The zero-order valence-corrected chi connectivity index (χ0v) is 9.14. The van der Waals surface area contributed by atoms with Crippen LogP contribution >= 0.6 is 0 Å². The highest BCUT2D eigenvalue weighted by molar-refractivity contribution is 5.37. The molecule has 2 aromatic rings. The van der Waals surface area contributed by atoms with Crippen LogP contribution in [0, 0.1) is 6.92 Å². The molecule has 0 atom stereocenters. The molecule has 0 spiro atoms. The number of nitrogens with one attached hydrogen (secondary N) is 1. The number of pyridine rings is 1. The van der Waals surface area contributed by atoms with Gasteiger partial charge >= 0.3 is 0 Å². The lowest BCUT2D eigenvalue weighted by atomic mass is 10.2. The molecule has 2 N–H and O–H groups in total. The molecule has 2 rings (SSSR count). The van der Waals surface area contributed by atoms with Gasteiger partial charge in [-0.3, -0.25) is 0 Å². The first-order valence-corrected chi connectivity index (χ1v) is 5.18. The number of phenolic OH excluding ortho intramolecular Hbond substituents is 1. The van der Waals surface area contributed by atoms with E-state index in [1.54, 1.807) is 12.1 Å². The minimum Gasteiger partial charge on any atom is -0.508 e. The highest BCUT2D eigenvalue weighted by Gasteiger charge is 1.95. The molecule has 0 bridgehead atoms. The van der Waals surface area contributed by atoms with Gasteiger partial charge < -0.3 is 10.4 Å². The average molecular weight is 214 g/mol. The van der Waals surface area contributed by atoms with Gasteiger partial charge in [0.1, 0.15) is 11.6 Å². The van der Waals surface area contributed by atoms with Gasteiger partial charge in [0.2, 0.25) is 0 Å². The van der Waals surface area contributed by atoms with Crippen molar-refractivity contribution in [2.75, 3.05) is 5.32 Å². The molecular formula is C13H14N2O. The van der Waals surface area contributed by atoms with Crippen LogP contribution in [-0.2, 0) is 6.54 Å². The van der Waals surface area contributed by atoms with Gasteiger partial charge in [0, 0.05) is 12.7 Å². The van der Waals surface area contributed by atoms with Crippen molar-refractivity contribution >= 4 is 5.82 Å². The summed E-state index contributed by atoms with van der Waals surface area (Å²) >= 11 is 0. The largest absolute Gasteiger partial charge is 0.508 e. The van der Waals surface area contributed by atoms with Gasteiger partial charge in [-0.1, -0.05) is 18.2 Å². The number of hydrogen-bond donors (Lipinski definition) is 2. The highest BCUT2D eigenvalue weighted by atomic mass is 16.3. The molecular weight excluding hydrogens is 200 g/mol. The fourth-order valence-corrected chi connectivity index (χ4v) is 1.38. The molecule has 1 heterocycles. The SMILES string of the molecule is Cc1ccc(NCc2ccc(O)cc2)nc1. The third-order valence-corrected chi connectivity index (χ3v) is 2.32. The third-order valence-electron chi connectivity index (χ3n) is 2.32. The Bertz CT molecular complexity index is 403. The summed E-state index contributed by atoms with van der Waals surface area (Å²) in [6, 6.07) is 11.1. The van der Waals surface area contributed by atoms with Crippen LogP contribution in [0.25, 0.3) is 0 Å². The van der Waals surface area contributed by atoms with Crippen LogP contribution < -0.4 is 5.32 Å². The molecule has 82 valence electrons. The fraction of sp³-hybridized carbons (Fsp3) is 0.154. The second-order valence-electron chi connectivity index (χ2n) is 3.74. The number of rotatable bonds is 3. The molecule has 1 aromatic heterocycles. The maximum absolute atomic E-state index is 9.14. The van der Waals surface area contributed by atoms with Gasteiger partial charge in [-0.05, 0) is 36.2 Å². The van der Waals surface area contributed by atoms with Crippen molar-refractivity contribution in [1.29, 1.82) is 0 Å². The standard InChI is InChI=1S/C13H14N2O/c1-10-2-7-13(14-8-10)15-9-11-3-5-12(16)6-4-11/h2-8,16H,9H2,1H3,(H,14,15). The van der Waals surface area contributed by atoms with Crippen LogP contribution in [-0.4, -0.2) is 10.1 Å². The Balaban J connectivity index is 1.97. The first kappa shape index (κ1) is 10.5. The van der Waals surface area contributed by atoms with E-state index in [9.17, 15) is 0 Å². The molecule has 0 amide bonds. The van der Waals surface area contributed by atoms with E-state index in [1.165, 1.54) is 0 Å². The van der Waals surface area contributed by atoms with Crippen molar-refractivity contribution in [2.24, 2.45) is 0 Å². The summed E-state index contributed by atoms with van der Waals surface area (Å²) in [5.74, 6) is 1.15. The Morgan fingerprint density at radius 1 is 1.12 bits per heavy atom. The second kappa shape index (κ2) is 4.66. The first-order chi connectivity index (χ1) is 7.74. The van der Waals surface area contributed by atoms with Gasteiger partial charge in [0.25, 0.3) is 0 Å². The lowest BCUT2D eigenvalue weighted by Crippen LogP contribution is -2.00. The van der Waals surface area contributed by atoms with Crippen molar-refractivity contribution in [2.45, 2.75) is 13.5 Å². The summed E-state index contributed by atoms with van der Waals surface area (Å²) in [6.45, 7) is 2.72. The second-order valence-corrected chi connectivity index (χ2v) is 3.74. The van der Waals surface area contributed by atoms with Gasteiger partial charge in [-0.2, -0.15) is 0 Å². The molecule has 0 radical (unpaired) electrons. The van der Waals surface area contributed by atoms with Gasteiger partial charge in [0.15, 0.2) is 0 Å². The Morgan fingerprint density at radius 2 is 1.88 bits per heavy atom. The van der Waals surface area contributed by atoms with E-state index >= 15 is 0 Å². The maximum atomic E-state index is 9.14. The quantitative estimate of drug-likeness (QED) is 0.825. The lowest BCUT2D eigenvalue weighted by molar-refractivity contribution is 0.475. The lowest BCUT2D eigenvalue weighted by Gasteiger charge is -2.05. The summed E-state index contributed by atoms with van der Waals surface area (Å²) in [7, 11) is 0. The monoisotopic (exact) mass is 214 g/mol. The van der Waals surface area contributed by atoms with Gasteiger partial charge in [0.05, 0.1) is 0 Å². The molecule has 0 aliphatic rings. The number of aryl methyl sites for hydroxylation is 1. The summed E-state index contributed by atoms with van der Waals surface area (Å²) in [5.41, 5.74) is 2.26. The summed E-state index contributed by atoms with van der Waals surface area (Å²) in [6.07, 6.45) is 1.83. The minimum atomic E-state index is 0.289. The molecule has 0 aliphatic heterocycles. The molecule has 0 fully saturated rings. The molecule has 16 heavy (non-hydrogen) atoms. The van der Waals surface area contributed by atoms with E-state index < -0.39 is 0 Å². The number of nitrogens with zero attached hydrogens (tertiary/aromatic N) is 1. The molecule has 3 nitrogen and oxygen atoms in total. The van der Waals surface area contributed by atoms with E-state index in [4.69, 9.17) is 5.11 Å². The average Bonchev–Trinajstić information content (AvgIpc) is 2.30. The molecule has 0 unspecified atom stereocenters. The van der Waals surface area contributed by atoms with Crippen LogP contribution in [0.2, 0.25) is 0 Å². The molecule has 0 saturated carbocycles. The Labute approximate surface area is 94.8 Å². The molecule has 3 heteroatoms. The van der Waals surface area contributed by atoms with E-state index in [2.05, 4.69) is 10.3 Å². The van der Waals surface area contributed by atoms with E-state index in [-0.39, 0.29) is 5.75 Å². The smallest absolute Gasteiger partial charge is 0.126 e. The van der Waals surface area contributed by atoms with Crippen LogP contribution in [0.1, 0.15) is 11.1 Å². The van der Waals surface area contributed by atoms with Crippen molar-refractivity contribution in [3.05, 3.63) is 53.7 Å². The Hall–Kier alpha value is -2.03. The van der Waals surface area contributed by atoms with Crippen LogP contribution in [0.4, 0.5) is 5.82 Å². The predicted octanol–water partition coefficient (Wildman–Crippen LogP) is 2.71. The Kier molecular flexibility index (Phi) is 3.05. The van der Waals surface area contributed by atoms with Crippen LogP contribution in [0.3, 0.4) is 0 Å². The minimum absolute atomic E-state index is 0.289. The molecule has 1 aromatic carbocycles. The Morgan fingerprint density at radius 3 is 2.50 bits per heavy atom. The van der Waals surface area contributed by atoms with Crippen molar-refractivity contribution in [3.8, 4) is 5.75 Å². The van der Waals surface area contributed by atoms with Crippen molar-refractivity contribution in [1.82, 2.24) is 4.98 Å². The third kappa shape index (κ3) is 2.73. The van der Waals surface area contributed by atoms with E-state index in [1.807, 2.05) is 37.4 Å². The maximum Gasteiger partial charge on any atom is 0.126 e. The predicted molar refractivity (Wildman–Crippen MR) is 64.4 cm³/mol.